The van der Waals surface area contributed by atoms with E-state index in [1.54, 1.807) is 19.9 Å². The summed E-state index contributed by atoms with van der Waals surface area (Å²) in [6.07, 6.45) is 12.7. The first-order valence-corrected chi connectivity index (χ1v) is 16.5. The van der Waals surface area contributed by atoms with E-state index in [4.69, 9.17) is 24.1 Å². The Morgan fingerprint density at radius 2 is 1.59 bits per heavy atom. The maximum absolute atomic E-state index is 12.2. The largest absolute Gasteiger partial charge is 0.490 e. The third-order valence-corrected chi connectivity index (χ3v) is 8.59. The summed E-state index contributed by atoms with van der Waals surface area (Å²) in [4.78, 5) is 24.0. The Bertz CT molecular complexity index is 1320. The van der Waals surface area contributed by atoms with E-state index in [9.17, 15) is 14.7 Å². The standard InChI is InChI=1S/C38H52O8/c1-6-8-9-10-28-11-13-30(14-12-28)31-15-16-35(29(7-2)21-31)32-22-33(43-17-19-45-36(41)27(3)25-39)24-34(23-32)44-18-20-46-37(42)38(4,5)26-40/h6,8,15-16,21-24,28,30,39-40H,3,7,9-14,17-20,25-26H2,1-2,4-5H3/b8-6+. The lowest BCUT2D eigenvalue weighted by Crippen LogP contribution is -2.31. The van der Waals surface area contributed by atoms with Crippen LogP contribution in [0.15, 0.2) is 60.7 Å². The normalized spacial score (nSPS) is 16.7. The molecule has 0 amide bonds. The highest BCUT2D eigenvalue weighted by molar-refractivity contribution is 5.87. The molecule has 1 fully saturated rings. The van der Waals surface area contributed by atoms with Crippen molar-refractivity contribution in [3.63, 3.8) is 0 Å². The molecule has 1 saturated carbocycles. The number of carbonyl (C=O) groups is 2. The van der Waals surface area contributed by atoms with Gasteiger partial charge in [0.05, 0.1) is 24.2 Å². The Kier molecular flexibility index (Phi) is 14.8. The molecule has 0 aliphatic heterocycles. The van der Waals surface area contributed by atoms with Crippen LogP contribution in [0.25, 0.3) is 11.1 Å². The van der Waals surface area contributed by atoms with Gasteiger partial charge in [0.1, 0.15) is 37.9 Å². The second kappa shape index (κ2) is 18.5. The van der Waals surface area contributed by atoms with Crippen molar-refractivity contribution in [2.45, 2.75) is 78.6 Å². The summed E-state index contributed by atoms with van der Waals surface area (Å²) in [6.45, 7) is 10.4. The highest BCUT2D eigenvalue weighted by Gasteiger charge is 2.28. The fourth-order valence-corrected chi connectivity index (χ4v) is 5.63. The first kappa shape index (κ1) is 36.8. The Morgan fingerprint density at radius 1 is 0.935 bits per heavy atom. The van der Waals surface area contributed by atoms with Gasteiger partial charge in [-0.05, 0) is 112 Å². The molecule has 8 nitrogen and oxygen atoms in total. The van der Waals surface area contributed by atoms with Gasteiger partial charge in [-0.2, -0.15) is 0 Å². The fraction of sp³-hybridized carbons (Fsp3) is 0.526. The smallest absolute Gasteiger partial charge is 0.335 e. The van der Waals surface area contributed by atoms with Gasteiger partial charge in [0.15, 0.2) is 0 Å². The molecular formula is C38H52O8. The summed E-state index contributed by atoms with van der Waals surface area (Å²) < 4.78 is 22.3. The third-order valence-electron chi connectivity index (χ3n) is 8.59. The Hall–Kier alpha value is -3.62. The molecule has 0 aromatic heterocycles. The van der Waals surface area contributed by atoms with Gasteiger partial charge < -0.3 is 29.2 Å². The molecule has 3 rings (SSSR count). The van der Waals surface area contributed by atoms with Gasteiger partial charge in [-0.3, -0.25) is 4.79 Å². The van der Waals surface area contributed by atoms with Crippen molar-refractivity contribution in [3.8, 4) is 22.6 Å². The van der Waals surface area contributed by atoms with Crippen LogP contribution in [0.1, 0.15) is 83.3 Å². The number of carbonyl (C=O) groups excluding carboxylic acids is 2. The Balaban J connectivity index is 1.75. The highest BCUT2D eigenvalue weighted by Crippen LogP contribution is 2.40. The number of aliphatic hydroxyl groups excluding tert-OH is 2. The molecule has 2 N–H and O–H groups in total. The van der Waals surface area contributed by atoms with E-state index in [2.05, 4.69) is 50.8 Å². The van der Waals surface area contributed by atoms with E-state index in [1.807, 2.05) is 12.1 Å². The average Bonchev–Trinajstić information content (AvgIpc) is 3.08. The van der Waals surface area contributed by atoms with Crippen molar-refractivity contribution in [2.75, 3.05) is 39.6 Å². The lowest BCUT2D eigenvalue weighted by Gasteiger charge is -2.29. The third kappa shape index (κ3) is 11.0. The van der Waals surface area contributed by atoms with Gasteiger partial charge in [-0.25, -0.2) is 4.79 Å². The van der Waals surface area contributed by atoms with Crippen molar-refractivity contribution in [2.24, 2.45) is 11.3 Å². The Morgan fingerprint density at radius 3 is 2.17 bits per heavy atom. The average molecular weight is 637 g/mol. The van der Waals surface area contributed by atoms with Crippen molar-refractivity contribution in [1.82, 2.24) is 0 Å². The molecule has 46 heavy (non-hydrogen) atoms. The van der Waals surface area contributed by atoms with Gasteiger partial charge >= 0.3 is 11.9 Å². The van der Waals surface area contributed by atoms with E-state index in [0.717, 1.165) is 23.5 Å². The van der Waals surface area contributed by atoms with Crippen molar-refractivity contribution in [1.29, 1.82) is 0 Å². The topological polar surface area (TPSA) is 112 Å². The lowest BCUT2D eigenvalue weighted by atomic mass is 9.76. The zero-order valence-corrected chi connectivity index (χ0v) is 28.0. The molecule has 1 aliphatic carbocycles. The van der Waals surface area contributed by atoms with Crippen LogP contribution in [-0.4, -0.2) is 61.8 Å². The minimum atomic E-state index is -0.984. The summed E-state index contributed by atoms with van der Waals surface area (Å²) in [5, 5.41) is 18.5. The van der Waals surface area contributed by atoms with E-state index < -0.39 is 24.0 Å². The minimum absolute atomic E-state index is 0.0126. The van der Waals surface area contributed by atoms with Crippen LogP contribution in [0.3, 0.4) is 0 Å². The van der Waals surface area contributed by atoms with Gasteiger partial charge in [0, 0.05) is 6.07 Å². The zero-order valence-electron chi connectivity index (χ0n) is 28.0. The molecule has 0 atom stereocenters. The molecule has 0 bridgehead atoms. The number of hydrogen-bond donors (Lipinski definition) is 2. The zero-order chi connectivity index (χ0) is 33.5. The van der Waals surface area contributed by atoms with Gasteiger partial charge in [0.2, 0.25) is 0 Å². The van der Waals surface area contributed by atoms with Gasteiger partial charge in [-0.15, -0.1) is 0 Å². The maximum Gasteiger partial charge on any atom is 0.335 e. The van der Waals surface area contributed by atoms with Gasteiger partial charge in [-0.1, -0.05) is 43.9 Å². The molecule has 252 valence electrons. The second-order valence-corrected chi connectivity index (χ2v) is 12.6. The summed E-state index contributed by atoms with van der Waals surface area (Å²) >= 11 is 0. The number of aryl methyl sites for hydroxylation is 1. The summed E-state index contributed by atoms with van der Waals surface area (Å²) in [7, 11) is 0. The first-order chi connectivity index (χ1) is 22.1. The van der Waals surface area contributed by atoms with Crippen LogP contribution in [0.5, 0.6) is 11.5 Å². The predicted octanol–water partition coefficient (Wildman–Crippen LogP) is 6.96. The number of esters is 2. The number of allylic oxidation sites excluding steroid dienone is 2. The number of rotatable bonds is 18. The molecule has 0 unspecified atom stereocenters. The molecule has 0 radical (unpaired) electrons. The summed E-state index contributed by atoms with van der Waals surface area (Å²) in [5.41, 5.74) is 3.65. The van der Waals surface area contributed by atoms with E-state index >= 15 is 0 Å². The van der Waals surface area contributed by atoms with Crippen LogP contribution in [0, 0.1) is 11.3 Å². The van der Waals surface area contributed by atoms with Crippen molar-refractivity contribution >= 4 is 11.9 Å². The molecule has 1 aliphatic rings. The molecule has 8 heteroatoms. The van der Waals surface area contributed by atoms with E-state index in [1.165, 1.54) is 49.7 Å². The molecule has 0 heterocycles. The Labute approximate surface area is 274 Å². The van der Waals surface area contributed by atoms with Crippen LogP contribution in [0.4, 0.5) is 0 Å². The summed E-state index contributed by atoms with van der Waals surface area (Å²) in [5.74, 6) is 1.31. The monoisotopic (exact) mass is 636 g/mol. The number of aliphatic hydroxyl groups is 2. The molecule has 2 aromatic carbocycles. The van der Waals surface area contributed by atoms with E-state index in [0.29, 0.717) is 17.4 Å². The van der Waals surface area contributed by atoms with Gasteiger partial charge in [0.25, 0.3) is 0 Å². The molecule has 2 aromatic rings. The number of hydrogen-bond acceptors (Lipinski definition) is 8. The quantitative estimate of drug-likeness (QED) is 0.0782. The van der Waals surface area contributed by atoms with Crippen molar-refractivity contribution in [3.05, 3.63) is 71.8 Å². The van der Waals surface area contributed by atoms with Crippen LogP contribution < -0.4 is 9.47 Å². The second-order valence-electron chi connectivity index (χ2n) is 12.6. The predicted molar refractivity (Wildman–Crippen MR) is 180 cm³/mol. The van der Waals surface area contributed by atoms with Crippen LogP contribution in [0.2, 0.25) is 0 Å². The fourth-order valence-electron chi connectivity index (χ4n) is 5.63. The molecule has 0 spiro atoms. The number of benzene rings is 2. The van der Waals surface area contributed by atoms with Crippen molar-refractivity contribution < 1.29 is 38.7 Å². The SMILES string of the molecule is C=C(CO)C(=O)OCCOc1cc(OCCOC(=O)C(C)(C)CO)cc(-c2ccc(C3CCC(CC/C=C/C)CC3)cc2CC)c1. The molecule has 0 saturated heterocycles. The van der Waals surface area contributed by atoms with Crippen LogP contribution >= 0.6 is 0 Å². The minimum Gasteiger partial charge on any atom is -0.490 e. The number of ether oxygens (including phenoxy) is 4. The lowest BCUT2D eigenvalue weighted by molar-refractivity contribution is -0.156. The summed E-state index contributed by atoms with van der Waals surface area (Å²) in [6, 6.07) is 12.4. The van der Waals surface area contributed by atoms with Crippen LogP contribution in [-0.2, 0) is 25.5 Å². The molecular weight excluding hydrogens is 584 g/mol. The first-order valence-electron chi connectivity index (χ1n) is 16.5. The maximum atomic E-state index is 12.2. The van der Waals surface area contributed by atoms with E-state index in [-0.39, 0.29) is 38.6 Å². The highest BCUT2D eigenvalue weighted by atomic mass is 16.6.